The fourth-order valence-corrected chi connectivity index (χ4v) is 2.74. The third-order valence-electron chi connectivity index (χ3n) is 4.09. The van der Waals surface area contributed by atoms with Crippen LogP contribution in [-0.2, 0) is 4.79 Å². The molecule has 0 spiro atoms. The van der Waals surface area contributed by atoms with Crippen LogP contribution in [0, 0.1) is 0 Å². The first-order valence-electron chi connectivity index (χ1n) is 8.31. The fraction of sp³-hybridized carbons (Fsp3) is 0.263. The molecular weight excluding hydrogens is 318 g/mol. The SMILES string of the molecule is O=C(NCC(=O)N1CCN(c2ccccc2)CC1)Oc1ccccc1. The van der Waals surface area contributed by atoms with Crippen molar-refractivity contribution in [2.75, 3.05) is 37.6 Å². The lowest BCUT2D eigenvalue weighted by molar-refractivity contribution is -0.130. The molecule has 1 N–H and O–H groups in total. The maximum Gasteiger partial charge on any atom is 0.413 e. The molecule has 2 amide bonds. The van der Waals surface area contributed by atoms with Crippen LogP contribution >= 0.6 is 0 Å². The number of piperazine rings is 1. The summed E-state index contributed by atoms with van der Waals surface area (Å²) >= 11 is 0. The lowest BCUT2D eigenvalue weighted by Crippen LogP contribution is -2.51. The quantitative estimate of drug-likeness (QED) is 0.927. The molecule has 130 valence electrons. The van der Waals surface area contributed by atoms with Crippen LogP contribution in [-0.4, -0.2) is 49.6 Å². The molecule has 0 aliphatic carbocycles. The molecule has 2 aromatic rings. The molecule has 0 bridgehead atoms. The molecule has 1 fully saturated rings. The highest BCUT2D eigenvalue weighted by atomic mass is 16.6. The number of rotatable bonds is 4. The molecule has 0 radical (unpaired) electrons. The Balaban J connectivity index is 1.41. The van der Waals surface area contributed by atoms with Crippen LogP contribution in [0.2, 0.25) is 0 Å². The average Bonchev–Trinajstić information content (AvgIpc) is 2.68. The van der Waals surface area contributed by atoms with E-state index in [-0.39, 0.29) is 12.5 Å². The Labute approximate surface area is 147 Å². The predicted molar refractivity (Wildman–Crippen MR) is 95.7 cm³/mol. The van der Waals surface area contributed by atoms with Crippen molar-refractivity contribution in [3.05, 3.63) is 60.7 Å². The topological polar surface area (TPSA) is 61.9 Å². The van der Waals surface area contributed by atoms with Gasteiger partial charge >= 0.3 is 6.09 Å². The van der Waals surface area contributed by atoms with Crippen LogP contribution in [0.15, 0.2) is 60.7 Å². The van der Waals surface area contributed by atoms with E-state index in [1.165, 1.54) is 5.69 Å². The molecule has 1 saturated heterocycles. The minimum atomic E-state index is -0.623. The molecule has 6 heteroatoms. The van der Waals surface area contributed by atoms with Crippen molar-refractivity contribution in [1.82, 2.24) is 10.2 Å². The fourth-order valence-electron chi connectivity index (χ4n) is 2.74. The van der Waals surface area contributed by atoms with Gasteiger partial charge < -0.3 is 19.9 Å². The highest BCUT2D eigenvalue weighted by molar-refractivity contribution is 5.83. The molecule has 0 atom stereocenters. The summed E-state index contributed by atoms with van der Waals surface area (Å²) in [6.45, 7) is 2.79. The number of ether oxygens (including phenoxy) is 1. The van der Waals surface area contributed by atoms with Crippen molar-refractivity contribution in [3.63, 3.8) is 0 Å². The molecule has 25 heavy (non-hydrogen) atoms. The van der Waals surface area contributed by atoms with Gasteiger partial charge in [0.25, 0.3) is 0 Å². The number of carbonyl (C=O) groups excluding carboxylic acids is 2. The summed E-state index contributed by atoms with van der Waals surface area (Å²) in [5.41, 5.74) is 1.17. The Morgan fingerprint density at radius 3 is 2.12 bits per heavy atom. The van der Waals surface area contributed by atoms with E-state index in [4.69, 9.17) is 4.74 Å². The summed E-state index contributed by atoms with van der Waals surface area (Å²) in [7, 11) is 0. The number of anilines is 1. The first-order valence-corrected chi connectivity index (χ1v) is 8.31. The van der Waals surface area contributed by atoms with Gasteiger partial charge in [0, 0.05) is 31.9 Å². The summed E-state index contributed by atoms with van der Waals surface area (Å²) in [5, 5.41) is 2.51. The zero-order valence-electron chi connectivity index (χ0n) is 13.9. The molecule has 2 aromatic carbocycles. The molecule has 1 aliphatic heterocycles. The van der Waals surface area contributed by atoms with Gasteiger partial charge in [0.1, 0.15) is 12.3 Å². The summed E-state index contributed by atoms with van der Waals surface area (Å²) in [6.07, 6.45) is -0.623. The molecule has 3 rings (SSSR count). The number of hydrogen-bond acceptors (Lipinski definition) is 4. The van der Waals surface area contributed by atoms with Crippen molar-refractivity contribution in [1.29, 1.82) is 0 Å². The third-order valence-corrected chi connectivity index (χ3v) is 4.09. The second-order valence-corrected chi connectivity index (χ2v) is 5.76. The Kier molecular flexibility index (Phi) is 5.51. The van der Waals surface area contributed by atoms with E-state index in [9.17, 15) is 9.59 Å². The maximum atomic E-state index is 12.2. The van der Waals surface area contributed by atoms with E-state index < -0.39 is 6.09 Å². The number of benzene rings is 2. The van der Waals surface area contributed by atoms with Gasteiger partial charge in [-0.05, 0) is 24.3 Å². The van der Waals surface area contributed by atoms with E-state index in [1.807, 2.05) is 24.3 Å². The normalized spacial score (nSPS) is 14.1. The van der Waals surface area contributed by atoms with Crippen LogP contribution in [0.5, 0.6) is 5.75 Å². The number of nitrogens with one attached hydrogen (secondary N) is 1. The van der Waals surface area contributed by atoms with Crippen LogP contribution in [0.25, 0.3) is 0 Å². The average molecular weight is 339 g/mol. The largest absolute Gasteiger partial charge is 0.413 e. The van der Waals surface area contributed by atoms with Gasteiger partial charge in [0.15, 0.2) is 0 Å². The maximum absolute atomic E-state index is 12.2. The monoisotopic (exact) mass is 339 g/mol. The second-order valence-electron chi connectivity index (χ2n) is 5.76. The Hall–Kier alpha value is -3.02. The molecule has 1 aliphatic rings. The number of amides is 2. The van der Waals surface area contributed by atoms with Crippen LogP contribution in [0.1, 0.15) is 0 Å². The van der Waals surface area contributed by atoms with Gasteiger partial charge in [-0.2, -0.15) is 0 Å². The predicted octanol–water partition coefficient (Wildman–Crippen LogP) is 2.12. The van der Waals surface area contributed by atoms with Gasteiger partial charge in [-0.1, -0.05) is 36.4 Å². The van der Waals surface area contributed by atoms with Crippen LogP contribution in [0.4, 0.5) is 10.5 Å². The highest BCUT2D eigenvalue weighted by Gasteiger charge is 2.21. The summed E-state index contributed by atoms with van der Waals surface area (Å²) in [5.74, 6) is 0.349. The number of carbonyl (C=O) groups is 2. The summed E-state index contributed by atoms with van der Waals surface area (Å²) in [4.78, 5) is 28.0. The molecule has 6 nitrogen and oxygen atoms in total. The van der Waals surface area contributed by atoms with Crippen LogP contribution < -0.4 is 15.0 Å². The van der Waals surface area contributed by atoms with Gasteiger partial charge in [0.2, 0.25) is 5.91 Å². The first-order chi connectivity index (χ1) is 12.2. The van der Waals surface area contributed by atoms with Crippen molar-refractivity contribution < 1.29 is 14.3 Å². The number of hydrogen-bond donors (Lipinski definition) is 1. The Bertz CT molecular complexity index is 698. The minimum absolute atomic E-state index is 0.0585. The second kappa shape index (κ2) is 8.19. The van der Waals surface area contributed by atoms with E-state index in [0.29, 0.717) is 18.8 Å². The zero-order chi connectivity index (χ0) is 17.5. The Morgan fingerprint density at radius 1 is 0.880 bits per heavy atom. The van der Waals surface area contributed by atoms with Gasteiger partial charge in [-0.3, -0.25) is 4.79 Å². The molecular formula is C19H21N3O3. The lowest BCUT2D eigenvalue weighted by Gasteiger charge is -2.36. The summed E-state index contributed by atoms with van der Waals surface area (Å²) < 4.78 is 5.10. The van der Waals surface area contributed by atoms with Gasteiger partial charge in [-0.15, -0.1) is 0 Å². The highest BCUT2D eigenvalue weighted by Crippen LogP contribution is 2.15. The summed E-state index contributed by atoms with van der Waals surface area (Å²) in [6, 6.07) is 18.9. The van der Waals surface area contributed by atoms with Crippen LogP contribution in [0.3, 0.4) is 0 Å². The Morgan fingerprint density at radius 2 is 1.48 bits per heavy atom. The van der Waals surface area contributed by atoms with Gasteiger partial charge in [-0.25, -0.2) is 4.79 Å². The van der Waals surface area contributed by atoms with Crippen molar-refractivity contribution in [2.45, 2.75) is 0 Å². The molecule has 0 saturated carbocycles. The van der Waals surface area contributed by atoms with Gasteiger partial charge in [0.05, 0.1) is 0 Å². The van der Waals surface area contributed by atoms with Crippen molar-refractivity contribution >= 4 is 17.7 Å². The zero-order valence-corrected chi connectivity index (χ0v) is 13.9. The number of para-hydroxylation sites is 2. The number of nitrogens with zero attached hydrogens (tertiary/aromatic N) is 2. The first kappa shape index (κ1) is 16.8. The van der Waals surface area contributed by atoms with E-state index in [0.717, 1.165) is 13.1 Å². The van der Waals surface area contributed by atoms with Crippen molar-refractivity contribution in [3.8, 4) is 5.75 Å². The minimum Gasteiger partial charge on any atom is -0.410 e. The van der Waals surface area contributed by atoms with E-state index in [1.54, 1.807) is 29.2 Å². The third kappa shape index (κ3) is 4.73. The lowest BCUT2D eigenvalue weighted by atomic mass is 10.2. The molecule has 0 aromatic heterocycles. The standard InChI is InChI=1S/C19H21N3O3/c23-18(15-20-19(24)25-17-9-5-2-6-10-17)22-13-11-21(12-14-22)16-7-3-1-4-8-16/h1-10H,11-15H2,(H,20,24). The van der Waals surface area contributed by atoms with E-state index >= 15 is 0 Å². The van der Waals surface area contributed by atoms with Crippen molar-refractivity contribution in [2.24, 2.45) is 0 Å². The molecule has 0 unspecified atom stereocenters. The molecule has 1 heterocycles. The van der Waals surface area contributed by atoms with E-state index in [2.05, 4.69) is 22.3 Å². The smallest absolute Gasteiger partial charge is 0.410 e.